The van der Waals surface area contributed by atoms with Gasteiger partial charge in [-0.3, -0.25) is 9.80 Å². The predicted molar refractivity (Wildman–Crippen MR) is 113 cm³/mol. The van der Waals surface area contributed by atoms with Crippen molar-refractivity contribution >= 4 is 11.6 Å². The number of aliphatic hydroxyl groups excluding tert-OH is 2. The zero-order chi connectivity index (χ0) is 20.8. The zero-order valence-corrected chi connectivity index (χ0v) is 17.4. The van der Waals surface area contributed by atoms with Gasteiger partial charge in [0, 0.05) is 44.3 Å². The number of piperazine rings is 1. The van der Waals surface area contributed by atoms with Crippen molar-refractivity contribution in [2.24, 2.45) is 0 Å². The maximum absolute atomic E-state index is 13.5. The number of hydrogen-bond donors (Lipinski definition) is 2. The van der Waals surface area contributed by atoms with Gasteiger partial charge in [-0.1, -0.05) is 17.7 Å². The average Bonchev–Trinajstić information content (AvgIpc) is 2.70. The highest BCUT2D eigenvalue weighted by molar-refractivity contribution is 6.31. The summed E-state index contributed by atoms with van der Waals surface area (Å²) in [5, 5.41) is 19.9. The molecule has 0 aromatic heterocycles. The molecule has 1 unspecified atom stereocenters. The van der Waals surface area contributed by atoms with E-state index in [2.05, 4.69) is 9.80 Å². The van der Waals surface area contributed by atoms with Crippen molar-refractivity contribution in [1.29, 1.82) is 0 Å². The topological polar surface area (TPSA) is 56.2 Å². The van der Waals surface area contributed by atoms with Crippen molar-refractivity contribution in [3.8, 4) is 16.9 Å². The zero-order valence-electron chi connectivity index (χ0n) is 16.7. The SMILES string of the molecule is Cc1cc(-c2cc(Cl)cc(OCC(O)CN3CCN(CCO)CC3)c2)ccc1F. The van der Waals surface area contributed by atoms with Crippen LogP contribution in [0.3, 0.4) is 0 Å². The number of aryl methyl sites for hydroxylation is 1. The molecule has 0 amide bonds. The Hall–Kier alpha value is -1.70. The van der Waals surface area contributed by atoms with Crippen molar-refractivity contribution in [2.75, 3.05) is 52.5 Å². The molecule has 7 heteroatoms. The van der Waals surface area contributed by atoms with Gasteiger partial charge in [-0.25, -0.2) is 4.39 Å². The summed E-state index contributed by atoms with van der Waals surface area (Å²) in [4.78, 5) is 4.41. The average molecular weight is 423 g/mol. The summed E-state index contributed by atoms with van der Waals surface area (Å²) in [5.41, 5.74) is 2.27. The largest absolute Gasteiger partial charge is 0.491 e. The van der Waals surface area contributed by atoms with Crippen LogP contribution in [0.2, 0.25) is 5.02 Å². The molecule has 3 rings (SSSR count). The fourth-order valence-electron chi connectivity index (χ4n) is 3.52. The number of benzene rings is 2. The van der Waals surface area contributed by atoms with Gasteiger partial charge in [-0.15, -0.1) is 0 Å². The number of rotatable bonds is 8. The number of β-amino-alcohol motifs (C(OH)–C–C–N with tert-alkyl or cyclic N) is 2. The molecule has 158 valence electrons. The maximum atomic E-state index is 13.5. The smallest absolute Gasteiger partial charge is 0.126 e. The second kappa shape index (κ2) is 10.4. The van der Waals surface area contributed by atoms with E-state index in [1.54, 1.807) is 25.1 Å². The number of aliphatic hydroxyl groups is 2. The molecule has 0 radical (unpaired) electrons. The van der Waals surface area contributed by atoms with E-state index in [4.69, 9.17) is 21.4 Å². The molecular formula is C22H28ClFN2O3. The molecule has 1 fully saturated rings. The van der Waals surface area contributed by atoms with Gasteiger partial charge in [0.15, 0.2) is 0 Å². The molecule has 5 nitrogen and oxygen atoms in total. The third kappa shape index (κ3) is 6.39. The van der Waals surface area contributed by atoms with Gasteiger partial charge in [0.1, 0.15) is 24.3 Å². The van der Waals surface area contributed by atoms with Crippen LogP contribution in [0.1, 0.15) is 5.56 Å². The third-order valence-corrected chi connectivity index (χ3v) is 5.37. The fourth-order valence-corrected chi connectivity index (χ4v) is 3.74. The third-order valence-electron chi connectivity index (χ3n) is 5.16. The summed E-state index contributed by atoms with van der Waals surface area (Å²) in [6.07, 6.45) is -0.616. The van der Waals surface area contributed by atoms with E-state index >= 15 is 0 Å². The molecule has 2 N–H and O–H groups in total. The quantitative estimate of drug-likeness (QED) is 0.685. The van der Waals surface area contributed by atoms with Crippen LogP contribution in [0, 0.1) is 12.7 Å². The minimum Gasteiger partial charge on any atom is -0.491 e. The van der Waals surface area contributed by atoms with E-state index in [-0.39, 0.29) is 19.0 Å². The molecular weight excluding hydrogens is 395 g/mol. The molecule has 0 bridgehead atoms. The van der Waals surface area contributed by atoms with Crippen LogP contribution in [-0.2, 0) is 0 Å². The minimum atomic E-state index is -0.616. The van der Waals surface area contributed by atoms with Crippen LogP contribution >= 0.6 is 11.6 Å². The van der Waals surface area contributed by atoms with Crippen molar-refractivity contribution in [2.45, 2.75) is 13.0 Å². The summed E-state index contributed by atoms with van der Waals surface area (Å²) in [6.45, 7) is 6.81. The molecule has 0 spiro atoms. The molecule has 1 aliphatic heterocycles. The van der Waals surface area contributed by atoms with Gasteiger partial charge in [0.05, 0.1) is 6.61 Å². The monoisotopic (exact) mass is 422 g/mol. The van der Waals surface area contributed by atoms with Gasteiger partial charge in [0.25, 0.3) is 0 Å². The summed E-state index contributed by atoms with van der Waals surface area (Å²) in [7, 11) is 0. The van der Waals surface area contributed by atoms with Crippen LogP contribution < -0.4 is 4.74 Å². The van der Waals surface area contributed by atoms with E-state index < -0.39 is 6.10 Å². The second-order valence-electron chi connectivity index (χ2n) is 7.47. The Morgan fingerprint density at radius 1 is 1.07 bits per heavy atom. The van der Waals surface area contributed by atoms with E-state index in [1.807, 2.05) is 12.1 Å². The first-order valence-corrected chi connectivity index (χ1v) is 10.3. The fraction of sp³-hybridized carbons (Fsp3) is 0.455. The number of hydrogen-bond acceptors (Lipinski definition) is 5. The summed E-state index contributed by atoms with van der Waals surface area (Å²) >= 11 is 6.23. The minimum absolute atomic E-state index is 0.166. The Labute approximate surface area is 176 Å². The first kappa shape index (κ1) is 22.0. The maximum Gasteiger partial charge on any atom is 0.126 e. The summed E-state index contributed by atoms with van der Waals surface area (Å²) < 4.78 is 19.3. The van der Waals surface area contributed by atoms with Crippen molar-refractivity contribution in [3.05, 3.63) is 52.8 Å². The number of ether oxygens (including phenoxy) is 1. The van der Waals surface area contributed by atoms with E-state index in [9.17, 15) is 9.50 Å². The van der Waals surface area contributed by atoms with Crippen LogP contribution in [0.15, 0.2) is 36.4 Å². The lowest BCUT2D eigenvalue weighted by Gasteiger charge is -2.35. The first-order chi connectivity index (χ1) is 13.9. The lowest BCUT2D eigenvalue weighted by Crippen LogP contribution is -2.49. The van der Waals surface area contributed by atoms with Crippen molar-refractivity contribution < 1.29 is 19.3 Å². The molecule has 29 heavy (non-hydrogen) atoms. The Morgan fingerprint density at radius 2 is 1.79 bits per heavy atom. The lowest BCUT2D eigenvalue weighted by molar-refractivity contribution is 0.0428. The Morgan fingerprint density at radius 3 is 2.48 bits per heavy atom. The van der Waals surface area contributed by atoms with Crippen molar-refractivity contribution in [3.63, 3.8) is 0 Å². The highest BCUT2D eigenvalue weighted by Crippen LogP contribution is 2.29. The van der Waals surface area contributed by atoms with Crippen LogP contribution in [0.25, 0.3) is 11.1 Å². The molecule has 1 atom stereocenters. The Bertz CT molecular complexity index is 813. The molecule has 2 aromatic rings. The normalized spacial score (nSPS) is 16.7. The Kier molecular flexibility index (Phi) is 7.86. The van der Waals surface area contributed by atoms with Gasteiger partial charge in [0.2, 0.25) is 0 Å². The predicted octanol–water partition coefficient (Wildman–Crippen LogP) is 2.80. The molecule has 1 aliphatic rings. The molecule has 1 heterocycles. The lowest BCUT2D eigenvalue weighted by atomic mass is 10.0. The summed E-state index contributed by atoms with van der Waals surface area (Å²) in [5.74, 6) is 0.328. The van der Waals surface area contributed by atoms with Crippen LogP contribution in [-0.4, -0.2) is 78.6 Å². The molecule has 0 saturated carbocycles. The molecule has 0 aliphatic carbocycles. The van der Waals surface area contributed by atoms with Gasteiger partial charge in [-0.05, 0) is 53.9 Å². The standard InChI is InChI=1S/C22H28ClFN2O3/c1-16-10-17(2-3-22(16)24)18-11-19(23)13-21(12-18)29-15-20(28)14-26-6-4-25(5-7-26)8-9-27/h2-3,10-13,20,27-28H,4-9,14-15H2,1H3. The van der Waals surface area contributed by atoms with E-state index in [0.717, 1.165) is 37.3 Å². The molecule has 1 saturated heterocycles. The van der Waals surface area contributed by atoms with E-state index in [1.165, 1.54) is 6.07 Å². The van der Waals surface area contributed by atoms with Gasteiger partial charge >= 0.3 is 0 Å². The van der Waals surface area contributed by atoms with Gasteiger partial charge < -0.3 is 14.9 Å². The number of nitrogens with zero attached hydrogens (tertiary/aromatic N) is 2. The van der Waals surface area contributed by atoms with Crippen LogP contribution in [0.5, 0.6) is 5.75 Å². The van der Waals surface area contributed by atoms with Crippen molar-refractivity contribution in [1.82, 2.24) is 9.80 Å². The molecule has 2 aromatic carbocycles. The highest BCUT2D eigenvalue weighted by atomic mass is 35.5. The summed E-state index contributed by atoms with van der Waals surface area (Å²) in [6, 6.07) is 10.3. The highest BCUT2D eigenvalue weighted by Gasteiger charge is 2.19. The first-order valence-electron chi connectivity index (χ1n) is 9.88. The second-order valence-corrected chi connectivity index (χ2v) is 7.91. The van der Waals surface area contributed by atoms with E-state index in [0.29, 0.717) is 29.4 Å². The Balaban J connectivity index is 1.55. The number of halogens is 2. The van der Waals surface area contributed by atoms with Gasteiger partial charge in [-0.2, -0.15) is 0 Å². The van der Waals surface area contributed by atoms with Crippen LogP contribution in [0.4, 0.5) is 4.39 Å².